The summed E-state index contributed by atoms with van der Waals surface area (Å²) < 4.78 is 18.7. The molecule has 4 nitrogen and oxygen atoms in total. The molecule has 98 valence electrons. The van der Waals surface area contributed by atoms with E-state index in [2.05, 4.69) is 0 Å². The van der Waals surface area contributed by atoms with Crippen LogP contribution in [-0.2, 0) is 0 Å². The van der Waals surface area contributed by atoms with Crippen molar-refractivity contribution in [3.8, 4) is 11.5 Å². The Hall–Kier alpha value is -2.14. The fraction of sp³-hybridized carbons (Fsp3) is 0.0769. The molecule has 2 aromatic rings. The molecule has 0 aliphatic rings. The van der Waals surface area contributed by atoms with Gasteiger partial charge in [-0.2, -0.15) is 0 Å². The third-order valence-corrected chi connectivity index (χ3v) is 2.67. The quantitative estimate of drug-likeness (QED) is 0.615. The van der Waals surface area contributed by atoms with Crippen LogP contribution in [0.2, 0.25) is 5.02 Å². The van der Waals surface area contributed by atoms with E-state index < -0.39 is 10.7 Å². The summed E-state index contributed by atoms with van der Waals surface area (Å²) in [5.74, 6) is -0.197. The van der Waals surface area contributed by atoms with Gasteiger partial charge in [0, 0.05) is 11.1 Å². The van der Waals surface area contributed by atoms with Gasteiger partial charge in [0.25, 0.3) is 5.69 Å². The van der Waals surface area contributed by atoms with Gasteiger partial charge in [-0.15, -0.1) is 0 Å². The fourth-order valence-electron chi connectivity index (χ4n) is 1.57. The van der Waals surface area contributed by atoms with Crippen molar-refractivity contribution < 1.29 is 14.1 Å². The molecule has 0 aliphatic carbocycles. The molecule has 0 bridgehead atoms. The van der Waals surface area contributed by atoms with Crippen molar-refractivity contribution >= 4 is 17.3 Å². The molecule has 19 heavy (non-hydrogen) atoms. The lowest BCUT2D eigenvalue weighted by Gasteiger charge is -2.08. The van der Waals surface area contributed by atoms with Gasteiger partial charge in [-0.05, 0) is 30.7 Å². The minimum Gasteiger partial charge on any atom is -0.457 e. The molecule has 0 aromatic heterocycles. The molecular weight excluding hydrogens is 273 g/mol. The first kappa shape index (κ1) is 13.3. The van der Waals surface area contributed by atoms with E-state index in [1.54, 1.807) is 25.1 Å². The molecule has 0 aliphatic heterocycles. The number of hydrogen-bond donors (Lipinski definition) is 0. The normalized spacial score (nSPS) is 10.3. The number of nitro benzene ring substituents is 1. The number of benzene rings is 2. The monoisotopic (exact) mass is 281 g/mol. The Morgan fingerprint density at radius 3 is 2.63 bits per heavy atom. The van der Waals surface area contributed by atoms with Crippen LogP contribution < -0.4 is 4.74 Å². The zero-order chi connectivity index (χ0) is 14.0. The van der Waals surface area contributed by atoms with Crippen molar-refractivity contribution in [2.75, 3.05) is 0 Å². The number of non-ortho nitro benzene ring substituents is 1. The second-order valence-corrected chi connectivity index (χ2v) is 4.35. The molecule has 0 heterocycles. The van der Waals surface area contributed by atoms with Crippen LogP contribution in [0.15, 0.2) is 36.4 Å². The fourth-order valence-corrected chi connectivity index (χ4v) is 1.79. The number of aryl methyl sites for hydroxylation is 1. The Morgan fingerprint density at radius 1 is 1.26 bits per heavy atom. The average molecular weight is 282 g/mol. The number of nitrogens with zero attached hydrogens (tertiary/aromatic N) is 1. The maximum Gasteiger partial charge on any atom is 0.276 e. The first-order valence-electron chi connectivity index (χ1n) is 5.35. The van der Waals surface area contributed by atoms with Gasteiger partial charge < -0.3 is 4.74 Å². The minimum absolute atomic E-state index is 0.0668. The number of rotatable bonds is 3. The van der Waals surface area contributed by atoms with Crippen LogP contribution in [0.5, 0.6) is 11.5 Å². The highest BCUT2D eigenvalue weighted by Crippen LogP contribution is 2.30. The predicted molar refractivity (Wildman–Crippen MR) is 69.3 cm³/mol. The topological polar surface area (TPSA) is 52.4 Å². The second kappa shape index (κ2) is 5.24. The van der Waals surface area contributed by atoms with Crippen LogP contribution in [0, 0.1) is 22.9 Å². The van der Waals surface area contributed by atoms with Crippen molar-refractivity contribution in [3.05, 3.63) is 62.9 Å². The highest BCUT2D eigenvalue weighted by Gasteiger charge is 2.12. The summed E-state index contributed by atoms with van der Waals surface area (Å²) in [4.78, 5) is 9.96. The molecule has 2 rings (SSSR count). The van der Waals surface area contributed by atoms with E-state index in [0.29, 0.717) is 10.8 Å². The lowest BCUT2D eigenvalue weighted by atomic mass is 10.2. The third kappa shape index (κ3) is 3.20. The Morgan fingerprint density at radius 2 is 2.00 bits per heavy atom. The molecule has 2 aromatic carbocycles. The van der Waals surface area contributed by atoms with Gasteiger partial charge in [-0.3, -0.25) is 10.1 Å². The second-order valence-electron chi connectivity index (χ2n) is 3.91. The SMILES string of the molecule is Cc1cc(Cl)ccc1Oc1cc(F)cc([N+](=O)[O-])c1. The van der Waals surface area contributed by atoms with Crippen LogP contribution in [0.3, 0.4) is 0 Å². The number of ether oxygens (including phenoxy) is 1. The molecule has 0 amide bonds. The first-order chi connectivity index (χ1) is 8.95. The molecule has 0 saturated heterocycles. The molecule has 0 fully saturated rings. The maximum absolute atomic E-state index is 13.2. The molecular formula is C13H9ClFNO3. The highest BCUT2D eigenvalue weighted by molar-refractivity contribution is 6.30. The Labute approximate surface area is 113 Å². The number of hydrogen-bond acceptors (Lipinski definition) is 3. The number of halogens is 2. The summed E-state index contributed by atoms with van der Waals surface area (Å²) in [7, 11) is 0. The van der Waals surface area contributed by atoms with Crippen molar-refractivity contribution in [1.29, 1.82) is 0 Å². The molecule has 0 N–H and O–H groups in total. The van der Waals surface area contributed by atoms with Gasteiger partial charge in [0.1, 0.15) is 17.3 Å². The summed E-state index contributed by atoms with van der Waals surface area (Å²) in [6.07, 6.45) is 0. The van der Waals surface area contributed by atoms with Gasteiger partial charge in [0.05, 0.1) is 17.1 Å². The van der Waals surface area contributed by atoms with Gasteiger partial charge in [0.2, 0.25) is 0 Å². The van der Waals surface area contributed by atoms with Gasteiger partial charge in [-0.1, -0.05) is 11.6 Å². The van der Waals surface area contributed by atoms with E-state index in [1.165, 1.54) is 0 Å². The van der Waals surface area contributed by atoms with Gasteiger partial charge >= 0.3 is 0 Å². The van der Waals surface area contributed by atoms with E-state index in [1.807, 2.05) is 0 Å². The smallest absolute Gasteiger partial charge is 0.276 e. The molecule has 0 unspecified atom stereocenters. The molecule has 0 atom stereocenters. The highest BCUT2D eigenvalue weighted by atomic mass is 35.5. The van der Waals surface area contributed by atoms with Gasteiger partial charge in [-0.25, -0.2) is 4.39 Å². The van der Waals surface area contributed by atoms with Crippen LogP contribution in [0.25, 0.3) is 0 Å². The predicted octanol–water partition coefficient (Wildman–Crippen LogP) is 4.49. The Kier molecular flexibility index (Phi) is 3.66. The van der Waals surface area contributed by atoms with Crippen molar-refractivity contribution in [2.24, 2.45) is 0 Å². The first-order valence-corrected chi connectivity index (χ1v) is 5.72. The molecule has 6 heteroatoms. The van der Waals surface area contributed by atoms with E-state index in [0.717, 1.165) is 23.8 Å². The summed E-state index contributed by atoms with van der Waals surface area (Å²) in [6, 6.07) is 8.01. The summed E-state index contributed by atoms with van der Waals surface area (Å²) in [5, 5.41) is 11.2. The van der Waals surface area contributed by atoms with Crippen LogP contribution in [-0.4, -0.2) is 4.92 Å². The lowest BCUT2D eigenvalue weighted by molar-refractivity contribution is -0.385. The third-order valence-electron chi connectivity index (χ3n) is 2.43. The van der Waals surface area contributed by atoms with Crippen molar-refractivity contribution in [1.82, 2.24) is 0 Å². The summed E-state index contributed by atoms with van der Waals surface area (Å²) in [6.45, 7) is 1.77. The Balaban J connectivity index is 2.35. The van der Waals surface area contributed by atoms with E-state index in [9.17, 15) is 14.5 Å². The van der Waals surface area contributed by atoms with Gasteiger partial charge in [0.15, 0.2) is 0 Å². The number of nitro groups is 1. The van der Waals surface area contributed by atoms with E-state index in [-0.39, 0.29) is 11.4 Å². The minimum atomic E-state index is -0.726. The van der Waals surface area contributed by atoms with Crippen molar-refractivity contribution in [2.45, 2.75) is 6.92 Å². The molecule has 0 spiro atoms. The molecule has 0 saturated carbocycles. The van der Waals surface area contributed by atoms with Crippen LogP contribution in [0.4, 0.5) is 10.1 Å². The Bertz CT molecular complexity index is 646. The zero-order valence-electron chi connectivity index (χ0n) is 9.89. The van der Waals surface area contributed by atoms with Crippen molar-refractivity contribution in [3.63, 3.8) is 0 Å². The van der Waals surface area contributed by atoms with E-state index >= 15 is 0 Å². The standard InChI is InChI=1S/C13H9ClFNO3/c1-8-4-9(14)2-3-13(8)19-12-6-10(15)5-11(7-12)16(17)18/h2-7H,1H3. The van der Waals surface area contributed by atoms with E-state index in [4.69, 9.17) is 16.3 Å². The lowest BCUT2D eigenvalue weighted by Crippen LogP contribution is -1.92. The summed E-state index contributed by atoms with van der Waals surface area (Å²) in [5.41, 5.74) is 0.390. The zero-order valence-corrected chi connectivity index (χ0v) is 10.6. The largest absolute Gasteiger partial charge is 0.457 e. The molecule has 0 radical (unpaired) electrons. The summed E-state index contributed by atoms with van der Waals surface area (Å²) >= 11 is 5.81. The maximum atomic E-state index is 13.2. The van der Waals surface area contributed by atoms with Crippen LogP contribution >= 0.6 is 11.6 Å². The average Bonchev–Trinajstić information content (AvgIpc) is 2.32. The van der Waals surface area contributed by atoms with Crippen LogP contribution in [0.1, 0.15) is 5.56 Å².